The summed E-state index contributed by atoms with van der Waals surface area (Å²) in [5, 5.41) is 7.91. The number of benzene rings is 1. The fraction of sp³-hybridized carbons (Fsp3) is 0.455. The Morgan fingerprint density at radius 1 is 1.13 bits per heavy atom. The molecule has 2 fully saturated rings. The van der Waals surface area contributed by atoms with E-state index in [1.807, 2.05) is 27.8 Å². The second kappa shape index (κ2) is 9.27. The summed E-state index contributed by atoms with van der Waals surface area (Å²) in [6.45, 7) is 2.28. The maximum Gasteiger partial charge on any atom is 0.252 e. The van der Waals surface area contributed by atoms with Crippen LogP contribution in [0.1, 0.15) is 41.6 Å². The van der Waals surface area contributed by atoms with Gasteiger partial charge in [-0.15, -0.1) is 0 Å². The molecular formula is C22H24Cl2N2O3S. The molecule has 1 N–H and O–H groups in total. The molecule has 0 spiro atoms. The molecule has 0 radical (unpaired) electrons. The van der Waals surface area contributed by atoms with Crippen molar-refractivity contribution in [1.29, 1.82) is 0 Å². The summed E-state index contributed by atoms with van der Waals surface area (Å²) in [6, 6.07) is 7.27. The average molecular weight is 467 g/mol. The fourth-order valence-electron chi connectivity index (χ4n) is 4.39. The van der Waals surface area contributed by atoms with Gasteiger partial charge >= 0.3 is 0 Å². The topological polar surface area (TPSA) is 58.6 Å². The Kier molecular flexibility index (Phi) is 6.68. The highest BCUT2D eigenvalue weighted by Crippen LogP contribution is 2.41. The van der Waals surface area contributed by atoms with Gasteiger partial charge in [0.2, 0.25) is 5.91 Å². The van der Waals surface area contributed by atoms with Crippen molar-refractivity contribution in [2.75, 3.05) is 26.3 Å². The van der Waals surface area contributed by atoms with E-state index in [4.69, 9.17) is 27.9 Å². The standard InChI is InChI=1S/C22H24Cl2N2O3S/c23-16-1-2-18(19(24)13-16)22(6-10-29-11-7-22)21(28)26-8-3-17(4-9-26)25-20(27)15-5-12-30-14-15/h1-2,5,12-14,17H,3-4,6-11H2,(H,25,27). The van der Waals surface area contributed by atoms with Crippen molar-refractivity contribution < 1.29 is 14.3 Å². The van der Waals surface area contributed by atoms with Crippen molar-refractivity contribution in [1.82, 2.24) is 10.2 Å². The predicted octanol–water partition coefficient (Wildman–Crippen LogP) is 4.52. The van der Waals surface area contributed by atoms with Crippen LogP contribution < -0.4 is 5.32 Å². The molecule has 2 aromatic rings. The van der Waals surface area contributed by atoms with Gasteiger partial charge in [-0.1, -0.05) is 29.3 Å². The number of likely N-dealkylation sites (tertiary alicyclic amines) is 1. The first-order valence-electron chi connectivity index (χ1n) is 10.2. The van der Waals surface area contributed by atoms with Crippen LogP contribution in [0, 0.1) is 0 Å². The Balaban J connectivity index is 1.46. The highest BCUT2D eigenvalue weighted by molar-refractivity contribution is 7.08. The van der Waals surface area contributed by atoms with Crippen LogP contribution in [0.2, 0.25) is 10.0 Å². The molecule has 5 nitrogen and oxygen atoms in total. The lowest BCUT2D eigenvalue weighted by molar-refractivity contribution is -0.142. The molecule has 1 aromatic carbocycles. The molecule has 0 bridgehead atoms. The van der Waals surface area contributed by atoms with E-state index in [-0.39, 0.29) is 17.9 Å². The predicted molar refractivity (Wildman–Crippen MR) is 120 cm³/mol. The van der Waals surface area contributed by atoms with Gasteiger partial charge < -0.3 is 15.0 Å². The molecule has 2 aliphatic rings. The summed E-state index contributed by atoms with van der Waals surface area (Å²) in [6.07, 6.45) is 2.68. The number of amides is 2. The van der Waals surface area contributed by atoms with Crippen LogP contribution in [0.4, 0.5) is 0 Å². The number of ether oxygens (including phenoxy) is 1. The molecule has 0 atom stereocenters. The zero-order valence-corrected chi connectivity index (χ0v) is 18.9. The van der Waals surface area contributed by atoms with Crippen LogP contribution in [0.15, 0.2) is 35.0 Å². The van der Waals surface area contributed by atoms with E-state index in [9.17, 15) is 9.59 Å². The third-order valence-corrected chi connectivity index (χ3v) is 7.33. The van der Waals surface area contributed by atoms with Gasteiger partial charge in [0.15, 0.2) is 0 Å². The first kappa shape index (κ1) is 21.6. The monoisotopic (exact) mass is 466 g/mol. The Hall–Kier alpha value is -1.60. The van der Waals surface area contributed by atoms with Crippen molar-refractivity contribution in [3.63, 3.8) is 0 Å². The van der Waals surface area contributed by atoms with Gasteiger partial charge in [0, 0.05) is 53.3 Å². The molecule has 30 heavy (non-hydrogen) atoms. The van der Waals surface area contributed by atoms with Gasteiger partial charge in [-0.2, -0.15) is 11.3 Å². The zero-order valence-electron chi connectivity index (χ0n) is 16.5. The highest BCUT2D eigenvalue weighted by atomic mass is 35.5. The Bertz CT molecular complexity index is 905. The van der Waals surface area contributed by atoms with Crippen LogP contribution in [0.5, 0.6) is 0 Å². The number of carbonyl (C=O) groups is 2. The molecule has 4 rings (SSSR count). The average Bonchev–Trinajstić information content (AvgIpc) is 3.29. The van der Waals surface area contributed by atoms with E-state index < -0.39 is 5.41 Å². The van der Waals surface area contributed by atoms with E-state index in [1.54, 1.807) is 12.1 Å². The fourth-order valence-corrected chi connectivity index (χ4v) is 5.61. The van der Waals surface area contributed by atoms with Gasteiger partial charge in [-0.3, -0.25) is 9.59 Å². The van der Waals surface area contributed by atoms with Crippen LogP contribution in [0.25, 0.3) is 0 Å². The van der Waals surface area contributed by atoms with Gasteiger partial charge in [-0.25, -0.2) is 0 Å². The van der Waals surface area contributed by atoms with Gasteiger partial charge in [0.25, 0.3) is 5.91 Å². The second-order valence-electron chi connectivity index (χ2n) is 7.87. The van der Waals surface area contributed by atoms with Crippen molar-refractivity contribution in [2.24, 2.45) is 0 Å². The summed E-state index contributed by atoms with van der Waals surface area (Å²) in [5.41, 5.74) is 0.832. The first-order valence-corrected chi connectivity index (χ1v) is 11.9. The molecule has 0 saturated carbocycles. The molecule has 0 unspecified atom stereocenters. The molecule has 3 heterocycles. The minimum atomic E-state index is -0.688. The summed E-state index contributed by atoms with van der Waals surface area (Å²) in [5.74, 6) is 0.0486. The number of halogens is 2. The number of hydrogen-bond donors (Lipinski definition) is 1. The summed E-state index contributed by atoms with van der Waals surface area (Å²) in [7, 11) is 0. The SMILES string of the molecule is O=C(NC1CCN(C(=O)C2(c3ccc(Cl)cc3Cl)CCOCC2)CC1)c1ccsc1. The van der Waals surface area contributed by atoms with Crippen LogP contribution in [0.3, 0.4) is 0 Å². The number of carbonyl (C=O) groups excluding carboxylic acids is 2. The Morgan fingerprint density at radius 3 is 2.50 bits per heavy atom. The Labute approximate surface area is 190 Å². The molecular weight excluding hydrogens is 443 g/mol. The van der Waals surface area contributed by atoms with E-state index in [0.717, 1.165) is 18.4 Å². The van der Waals surface area contributed by atoms with Gasteiger partial charge in [0.05, 0.1) is 5.41 Å². The molecule has 2 aliphatic heterocycles. The smallest absolute Gasteiger partial charge is 0.252 e. The molecule has 160 valence electrons. The van der Waals surface area contributed by atoms with E-state index in [1.165, 1.54) is 11.3 Å². The third kappa shape index (κ3) is 4.37. The van der Waals surface area contributed by atoms with Crippen molar-refractivity contribution >= 4 is 46.4 Å². The molecule has 0 aliphatic carbocycles. The van der Waals surface area contributed by atoms with Crippen molar-refractivity contribution in [3.8, 4) is 0 Å². The van der Waals surface area contributed by atoms with E-state index >= 15 is 0 Å². The highest BCUT2D eigenvalue weighted by Gasteiger charge is 2.45. The first-order chi connectivity index (χ1) is 14.5. The summed E-state index contributed by atoms with van der Waals surface area (Å²) >= 11 is 14.1. The zero-order chi connectivity index (χ0) is 21.1. The lowest BCUT2D eigenvalue weighted by Crippen LogP contribution is -2.54. The number of thiophene rings is 1. The van der Waals surface area contributed by atoms with E-state index in [0.29, 0.717) is 54.8 Å². The Morgan fingerprint density at radius 2 is 1.87 bits per heavy atom. The number of nitrogens with one attached hydrogen (secondary N) is 1. The lowest BCUT2D eigenvalue weighted by Gasteiger charge is -2.42. The normalized spacial score (nSPS) is 19.5. The third-order valence-electron chi connectivity index (χ3n) is 6.10. The number of nitrogens with zero attached hydrogens (tertiary/aromatic N) is 1. The minimum absolute atomic E-state index is 0.0464. The molecule has 1 aromatic heterocycles. The molecule has 8 heteroatoms. The minimum Gasteiger partial charge on any atom is -0.381 e. The summed E-state index contributed by atoms with van der Waals surface area (Å²) < 4.78 is 5.56. The molecule has 2 amide bonds. The second-order valence-corrected chi connectivity index (χ2v) is 9.49. The summed E-state index contributed by atoms with van der Waals surface area (Å²) in [4.78, 5) is 28.0. The number of hydrogen-bond acceptors (Lipinski definition) is 4. The lowest BCUT2D eigenvalue weighted by atomic mass is 9.72. The van der Waals surface area contributed by atoms with Crippen molar-refractivity contribution in [2.45, 2.75) is 37.1 Å². The van der Waals surface area contributed by atoms with Crippen LogP contribution >= 0.6 is 34.5 Å². The number of piperidine rings is 1. The maximum atomic E-state index is 13.7. The largest absolute Gasteiger partial charge is 0.381 e. The van der Waals surface area contributed by atoms with Crippen LogP contribution in [-0.2, 0) is 14.9 Å². The number of rotatable bonds is 4. The molecule has 2 saturated heterocycles. The van der Waals surface area contributed by atoms with Crippen molar-refractivity contribution in [3.05, 3.63) is 56.2 Å². The van der Waals surface area contributed by atoms with Crippen LogP contribution in [-0.4, -0.2) is 49.1 Å². The maximum absolute atomic E-state index is 13.7. The van der Waals surface area contributed by atoms with E-state index in [2.05, 4.69) is 5.32 Å². The van der Waals surface area contributed by atoms with Gasteiger partial charge in [-0.05, 0) is 54.8 Å². The quantitative estimate of drug-likeness (QED) is 0.719. The van der Waals surface area contributed by atoms with Gasteiger partial charge in [0.1, 0.15) is 0 Å².